The van der Waals surface area contributed by atoms with Crippen LogP contribution >= 0.6 is 15.9 Å². The van der Waals surface area contributed by atoms with E-state index in [-0.39, 0.29) is 11.6 Å². The van der Waals surface area contributed by atoms with E-state index < -0.39 is 0 Å². The third-order valence-electron chi connectivity index (χ3n) is 2.97. The zero-order valence-electron chi connectivity index (χ0n) is 12.0. The van der Waals surface area contributed by atoms with Gasteiger partial charge in [-0.3, -0.25) is 0 Å². The van der Waals surface area contributed by atoms with Crippen LogP contribution in [0.4, 0.5) is 10.1 Å². The van der Waals surface area contributed by atoms with Crippen LogP contribution in [0.1, 0.15) is 12.5 Å². The number of hydrogen-bond acceptors (Lipinski definition) is 3. The molecule has 3 nitrogen and oxygen atoms in total. The van der Waals surface area contributed by atoms with Crippen molar-refractivity contribution < 1.29 is 13.9 Å². The van der Waals surface area contributed by atoms with Crippen molar-refractivity contribution in [2.24, 2.45) is 0 Å². The average molecular weight is 354 g/mol. The molecule has 0 bridgehead atoms. The van der Waals surface area contributed by atoms with Gasteiger partial charge in [0, 0.05) is 22.8 Å². The molecule has 0 atom stereocenters. The van der Waals surface area contributed by atoms with Gasteiger partial charge in [-0.2, -0.15) is 0 Å². The van der Waals surface area contributed by atoms with Gasteiger partial charge in [-0.15, -0.1) is 0 Å². The van der Waals surface area contributed by atoms with Gasteiger partial charge in [0.25, 0.3) is 0 Å². The smallest absolute Gasteiger partial charge is 0.167 e. The zero-order valence-corrected chi connectivity index (χ0v) is 13.5. The minimum absolute atomic E-state index is 0.269. The molecule has 0 fully saturated rings. The third-order valence-corrected chi connectivity index (χ3v) is 3.74. The Hall–Kier alpha value is -1.75. The van der Waals surface area contributed by atoms with Crippen LogP contribution in [-0.4, -0.2) is 13.7 Å². The lowest BCUT2D eigenvalue weighted by Crippen LogP contribution is -2.02. The SMILES string of the molecule is CCOc1ccc(NCc2cc(OC)ccc2Br)cc1F. The average Bonchev–Trinajstić information content (AvgIpc) is 2.49. The summed E-state index contributed by atoms with van der Waals surface area (Å²) in [6.45, 7) is 2.83. The maximum Gasteiger partial charge on any atom is 0.167 e. The van der Waals surface area contributed by atoms with E-state index >= 15 is 0 Å². The van der Waals surface area contributed by atoms with Crippen LogP contribution in [0.15, 0.2) is 40.9 Å². The Bertz CT molecular complexity index is 619. The summed E-state index contributed by atoms with van der Waals surface area (Å²) in [5, 5.41) is 3.18. The number of benzene rings is 2. The lowest BCUT2D eigenvalue weighted by molar-refractivity contribution is 0.321. The molecule has 0 aliphatic heterocycles. The highest BCUT2D eigenvalue weighted by Gasteiger charge is 2.06. The molecule has 0 heterocycles. The van der Waals surface area contributed by atoms with Crippen molar-refractivity contribution in [3.63, 3.8) is 0 Å². The summed E-state index contributed by atoms with van der Waals surface area (Å²) in [6, 6.07) is 10.6. The normalized spacial score (nSPS) is 10.3. The van der Waals surface area contributed by atoms with Gasteiger partial charge < -0.3 is 14.8 Å². The van der Waals surface area contributed by atoms with E-state index in [1.807, 2.05) is 25.1 Å². The number of nitrogens with one attached hydrogen (secondary N) is 1. The number of rotatable bonds is 6. The van der Waals surface area contributed by atoms with E-state index in [2.05, 4.69) is 21.2 Å². The molecule has 0 saturated carbocycles. The molecule has 5 heteroatoms. The summed E-state index contributed by atoms with van der Waals surface area (Å²) in [5.74, 6) is 0.685. The van der Waals surface area contributed by atoms with Crippen LogP contribution < -0.4 is 14.8 Å². The van der Waals surface area contributed by atoms with Gasteiger partial charge in [0.05, 0.1) is 13.7 Å². The molecule has 0 aromatic heterocycles. The van der Waals surface area contributed by atoms with Gasteiger partial charge in [0.2, 0.25) is 0 Å². The Kier molecular flexibility index (Phi) is 5.44. The van der Waals surface area contributed by atoms with E-state index in [4.69, 9.17) is 9.47 Å². The summed E-state index contributed by atoms with van der Waals surface area (Å²) >= 11 is 3.49. The fourth-order valence-electron chi connectivity index (χ4n) is 1.89. The monoisotopic (exact) mass is 353 g/mol. The second-order valence-electron chi connectivity index (χ2n) is 4.39. The van der Waals surface area contributed by atoms with Crippen LogP contribution in [0.25, 0.3) is 0 Å². The largest absolute Gasteiger partial charge is 0.497 e. The predicted molar refractivity (Wildman–Crippen MR) is 85.6 cm³/mol. The molecule has 0 radical (unpaired) electrons. The molecular weight excluding hydrogens is 337 g/mol. The summed E-state index contributed by atoms with van der Waals surface area (Å²) in [5.41, 5.74) is 1.73. The van der Waals surface area contributed by atoms with Crippen molar-refractivity contribution in [3.05, 3.63) is 52.3 Å². The van der Waals surface area contributed by atoms with Gasteiger partial charge >= 0.3 is 0 Å². The van der Waals surface area contributed by atoms with E-state index in [1.54, 1.807) is 19.2 Å². The molecule has 2 aromatic carbocycles. The van der Waals surface area contributed by atoms with Crippen LogP contribution in [-0.2, 0) is 6.54 Å². The lowest BCUT2D eigenvalue weighted by Gasteiger charge is -2.11. The number of anilines is 1. The van der Waals surface area contributed by atoms with Crippen molar-refractivity contribution in [1.82, 2.24) is 0 Å². The molecule has 0 amide bonds. The first-order chi connectivity index (χ1) is 10.1. The highest BCUT2D eigenvalue weighted by atomic mass is 79.9. The maximum atomic E-state index is 13.8. The predicted octanol–water partition coefficient (Wildman–Crippen LogP) is 4.61. The molecule has 0 saturated heterocycles. The summed E-state index contributed by atoms with van der Waals surface area (Å²) in [4.78, 5) is 0. The van der Waals surface area contributed by atoms with Gasteiger partial charge in [-0.25, -0.2) is 4.39 Å². The Morgan fingerprint density at radius 3 is 2.67 bits per heavy atom. The molecule has 1 N–H and O–H groups in total. The Labute approximate surface area is 132 Å². The Morgan fingerprint density at radius 1 is 1.19 bits per heavy atom. The quantitative estimate of drug-likeness (QED) is 0.822. The minimum atomic E-state index is -0.369. The van der Waals surface area contributed by atoms with E-state index in [0.29, 0.717) is 18.8 Å². The van der Waals surface area contributed by atoms with Crippen molar-refractivity contribution in [1.29, 1.82) is 0 Å². The summed E-state index contributed by atoms with van der Waals surface area (Å²) < 4.78 is 25.1. The van der Waals surface area contributed by atoms with Crippen LogP contribution in [0.5, 0.6) is 11.5 Å². The first-order valence-electron chi connectivity index (χ1n) is 6.62. The minimum Gasteiger partial charge on any atom is -0.497 e. The van der Waals surface area contributed by atoms with E-state index in [1.165, 1.54) is 6.07 Å². The van der Waals surface area contributed by atoms with Gasteiger partial charge in [0.1, 0.15) is 5.75 Å². The fraction of sp³-hybridized carbons (Fsp3) is 0.250. The first-order valence-corrected chi connectivity index (χ1v) is 7.42. The van der Waals surface area contributed by atoms with Crippen LogP contribution in [0.3, 0.4) is 0 Å². The second-order valence-corrected chi connectivity index (χ2v) is 5.24. The number of hydrogen-bond donors (Lipinski definition) is 1. The van der Waals surface area contributed by atoms with Crippen molar-refractivity contribution >= 4 is 21.6 Å². The van der Waals surface area contributed by atoms with E-state index in [0.717, 1.165) is 15.8 Å². The van der Waals surface area contributed by atoms with Gasteiger partial charge in [0.15, 0.2) is 11.6 Å². The van der Waals surface area contributed by atoms with E-state index in [9.17, 15) is 4.39 Å². The molecule has 21 heavy (non-hydrogen) atoms. The Balaban J connectivity index is 2.07. The number of ether oxygens (including phenoxy) is 2. The van der Waals surface area contributed by atoms with Crippen LogP contribution in [0.2, 0.25) is 0 Å². The lowest BCUT2D eigenvalue weighted by atomic mass is 10.2. The summed E-state index contributed by atoms with van der Waals surface area (Å²) in [7, 11) is 1.63. The highest BCUT2D eigenvalue weighted by Crippen LogP contribution is 2.25. The van der Waals surface area contributed by atoms with Crippen molar-refractivity contribution in [3.8, 4) is 11.5 Å². The molecule has 2 aromatic rings. The molecule has 2 rings (SSSR count). The highest BCUT2D eigenvalue weighted by molar-refractivity contribution is 9.10. The fourth-order valence-corrected chi connectivity index (χ4v) is 2.28. The Morgan fingerprint density at radius 2 is 2.00 bits per heavy atom. The molecule has 0 aliphatic carbocycles. The third kappa shape index (κ3) is 4.11. The van der Waals surface area contributed by atoms with Crippen molar-refractivity contribution in [2.45, 2.75) is 13.5 Å². The van der Waals surface area contributed by atoms with Gasteiger partial charge in [-0.1, -0.05) is 15.9 Å². The van der Waals surface area contributed by atoms with Crippen molar-refractivity contribution in [2.75, 3.05) is 19.0 Å². The second kappa shape index (κ2) is 7.31. The van der Waals surface area contributed by atoms with Gasteiger partial charge in [-0.05, 0) is 42.8 Å². The molecule has 0 spiro atoms. The standard InChI is InChI=1S/C16H17BrFNO2/c1-3-21-16-7-4-12(9-15(16)18)19-10-11-8-13(20-2)5-6-14(11)17/h4-9,19H,3,10H2,1-2H3. The number of methoxy groups -OCH3 is 1. The molecule has 0 aliphatic rings. The number of halogens is 2. The molecule has 112 valence electrons. The molecular formula is C16H17BrFNO2. The maximum absolute atomic E-state index is 13.8. The first kappa shape index (κ1) is 15.6. The van der Waals surface area contributed by atoms with Crippen LogP contribution in [0, 0.1) is 5.82 Å². The zero-order chi connectivity index (χ0) is 15.2. The molecule has 0 unspecified atom stereocenters. The summed E-state index contributed by atoms with van der Waals surface area (Å²) in [6.07, 6.45) is 0. The topological polar surface area (TPSA) is 30.5 Å².